The van der Waals surface area contributed by atoms with Crippen LogP contribution in [0.1, 0.15) is 5.56 Å². The maximum atomic E-state index is 10.7. The van der Waals surface area contributed by atoms with Gasteiger partial charge in [0.25, 0.3) is 5.69 Å². The van der Waals surface area contributed by atoms with Crippen LogP contribution in [-0.2, 0) is 0 Å². The molecule has 2 rings (SSSR count). The van der Waals surface area contributed by atoms with Gasteiger partial charge in [-0.2, -0.15) is 0 Å². The Bertz CT molecular complexity index is 606. The van der Waals surface area contributed by atoms with Crippen molar-refractivity contribution < 1.29 is 4.92 Å². The number of non-ortho nitro benzene ring substituents is 1. The third-order valence-electron chi connectivity index (χ3n) is 2.43. The van der Waals surface area contributed by atoms with Crippen LogP contribution in [0.2, 0.25) is 10.0 Å². The zero-order valence-corrected chi connectivity index (χ0v) is 12.2. The highest BCUT2D eigenvalue weighted by molar-refractivity contribution is 7.99. The third kappa shape index (κ3) is 3.41. The van der Waals surface area contributed by atoms with Crippen LogP contribution in [0.4, 0.5) is 5.69 Å². The van der Waals surface area contributed by atoms with Crippen molar-refractivity contribution in [2.24, 2.45) is 0 Å². The number of nitrogens with zero attached hydrogens (tertiary/aromatic N) is 1. The van der Waals surface area contributed by atoms with E-state index in [2.05, 4.69) is 0 Å². The maximum absolute atomic E-state index is 10.7. The molecular formula is C13H9Cl2NO2S. The minimum absolute atomic E-state index is 0.108. The molecule has 0 bridgehead atoms. The smallest absolute Gasteiger partial charge is 0.258 e. The summed E-state index contributed by atoms with van der Waals surface area (Å²) in [6, 6.07) is 10.5. The van der Waals surface area contributed by atoms with Gasteiger partial charge >= 0.3 is 0 Å². The van der Waals surface area contributed by atoms with Gasteiger partial charge in [-0.15, -0.1) is 0 Å². The highest BCUT2D eigenvalue weighted by Gasteiger charge is 2.15. The minimum Gasteiger partial charge on any atom is -0.258 e. The Balaban J connectivity index is 2.35. The van der Waals surface area contributed by atoms with Crippen molar-refractivity contribution in [3.05, 3.63) is 62.1 Å². The van der Waals surface area contributed by atoms with Crippen molar-refractivity contribution in [2.75, 3.05) is 0 Å². The molecule has 6 heteroatoms. The third-order valence-corrected chi connectivity index (χ3v) is 4.41. The number of benzene rings is 2. The van der Waals surface area contributed by atoms with Gasteiger partial charge in [-0.05, 0) is 19.1 Å². The molecule has 0 aliphatic rings. The van der Waals surface area contributed by atoms with E-state index in [0.29, 0.717) is 4.90 Å². The number of nitro benzene ring substituents is 1. The van der Waals surface area contributed by atoms with Gasteiger partial charge in [-0.3, -0.25) is 10.1 Å². The molecule has 0 heterocycles. The van der Waals surface area contributed by atoms with Crippen LogP contribution in [0.3, 0.4) is 0 Å². The van der Waals surface area contributed by atoms with Gasteiger partial charge in [0.15, 0.2) is 0 Å². The van der Waals surface area contributed by atoms with E-state index in [4.69, 9.17) is 23.2 Å². The Labute approximate surface area is 124 Å². The highest BCUT2D eigenvalue weighted by Crippen LogP contribution is 2.40. The van der Waals surface area contributed by atoms with Gasteiger partial charge in [0.1, 0.15) is 0 Å². The van der Waals surface area contributed by atoms with Crippen molar-refractivity contribution >= 4 is 40.7 Å². The van der Waals surface area contributed by atoms with E-state index < -0.39 is 4.92 Å². The van der Waals surface area contributed by atoms with E-state index >= 15 is 0 Å². The molecule has 0 spiro atoms. The van der Waals surface area contributed by atoms with Crippen LogP contribution < -0.4 is 0 Å². The molecule has 19 heavy (non-hydrogen) atoms. The van der Waals surface area contributed by atoms with Crippen LogP contribution in [0.25, 0.3) is 0 Å². The molecule has 98 valence electrons. The largest absolute Gasteiger partial charge is 0.272 e. The molecule has 2 aromatic carbocycles. The van der Waals surface area contributed by atoms with Crippen LogP contribution in [0.15, 0.2) is 46.2 Å². The summed E-state index contributed by atoms with van der Waals surface area (Å²) in [7, 11) is 0. The lowest BCUT2D eigenvalue weighted by Crippen LogP contribution is -1.89. The SMILES string of the molecule is Cc1ccc(Sc2c(Cl)cc([N+](=O)[O-])cc2Cl)cc1. The average Bonchev–Trinajstić information content (AvgIpc) is 2.35. The Morgan fingerprint density at radius 2 is 1.63 bits per heavy atom. The summed E-state index contributed by atoms with van der Waals surface area (Å²) in [5.41, 5.74) is 1.05. The summed E-state index contributed by atoms with van der Waals surface area (Å²) in [5.74, 6) is 0. The van der Waals surface area contributed by atoms with E-state index in [1.807, 2.05) is 31.2 Å². The number of rotatable bonds is 3. The second-order valence-electron chi connectivity index (χ2n) is 3.91. The second kappa shape index (κ2) is 5.82. The van der Waals surface area contributed by atoms with Crippen molar-refractivity contribution in [1.29, 1.82) is 0 Å². The van der Waals surface area contributed by atoms with Crippen molar-refractivity contribution in [3.8, 4) is 0 Å². The average molecular weight is 314 g/mol. The molecule has 0 amide bonds. The molecule has 0 unspecified atom stereocenters. The number of hydrogen-bond donors (Lipinski definition) is 0. The van der Waals surface area contributed by atoms with Gasteiger partial charge in [-0.1, -0.05) is 52.7 Å². The van der Waals surface area contributed by atoms with Gasteiger partial charge in [0.2, 0.25) is 0 Å². The van der Waals surface area contributed by atoms with Gasteiger partial charge in [0, 0.05) is 21.9 Å². The summed E-state index contributed by atoms with van der Waals surface area (Å²) < 4.78 is 0. The van der Waals surface area contributed by atoms with Gasteiger partial charge in [-0.25, -0.2) is 0 Å². The summed E-state index contributed by atoms with van der Waals surface area (Å²) in [4.78, 5) is 11.8. The monoisotopic (exact) mass is 313 g/mol. The normalized spacial score (nSPS) is 10.5. The van der Waals surface area contributed by atoms with Crippen LogP contribution in [-0.4, -0.2) is 4.92 Å². The molecule has 0 aliphatic heterocycles. The predicted molar refractivity (Wildman–Crippen MR) is 78.4 cm³/mol. The molecule has 0 saturated carbocycles. The number of hydrogen-bond acceptors (Lipinski definition) is 3. The summed E-state index contributed by atoms with van der Waals surface area (Å²) in [6.07, 6.45) is 0. The fourth-order valence-electron chi connectivity index (χ4n) is 1.47. The quantitative estimate of drug-likeness (QED) is 0.565. The zero-order chi connectivity index (χ0) is 14.0. The lowest BCUT2D eigenvalue weighted by molar-refractivity contribution is -0.384. The topological polar surface area (TPSA) is 43.1 Å². The van der Waals surface area contributed by atoms with Crippen molar-refractivity contribution in [2.45, 2.75) is 16.7 Å². The van der Waals surface area contributed by atoms with Gasteiger partial charge < -0.3 is 0 Å². The molecule has 0 radical (unpaired) electrons. The van der Waals surface area contributed by atoms with Crippen molar-refractivity contribution in [1.82, 2.24) is 0 Å². The van der Waals surface area contributed by atoms with E-state index in [9.17, 15) is 10.1 Å². The number of aryl methyl sites for hydroxylation is 1. The highest BCUT2D eigenvalue weighted by atomic mass is 35.5. The molecule has 0 N–H and O–H groups in total. The maximum Gasteiger partial charge on any atom is 0.272 e. The predicted octanol–water partition coefficient (Wildman–Crippen LogP) is 5.36. The molecule has 0 aliphatic carbocycles. The fourth-order valence-corrected chi connectivity index (χ4v) is 3.00. The van der Waals surface area contributed by atoms with Crippen LogP contribution in [0.5, 0.6) is 0 Å². The Hall–Kier alpha value is -1.23. The van der Waals surface area contributed by atoms with E-state index in [1.54, 1.807) is 0 Å². The Morgan fingerprint density at radius 1 is 1.11 bits per heavy atom. The summed E-state index contributed by atoms with van der Waals surface area (Å²) in [6.45, 7) is 2.00. The lowest BCUT2D eigenvalue weighted by atomic mass is 10.2. The molecule has 0 atom stereocenters. The van der Waals surface area contributed by atoms with E-state index in [1.165, 1.54) is 23.9 Å². The molecule has 0 fully saturated rings. The first-order chi connectivity index (χ1) is 8.97. The first-order valence-electron chi connectivity index (χ1n) is 5.35. The van der Waals surface area contributed by atoms with E-state index in [-0.39, 0.29) is 15.7 Å². The first-order valence-corrected chi connectivity index (χ1v) is 6.92. The second-order valence-corrected chi connectivity index (χ2v) is 5.81. The van der Waals surface area contributed by atoms with Gasteiger partial charge in [0.05, 0.1) is 15.0 Å². The number of halogens is 2. The first kappa shape index (κ1) is 14.2. The standard InChI is InChI=1S/C13H9Cl2NO2S/c1-8-2-4-10(5-3-8)19-13-11(14)6-9(16(17)18)7-12(13)15/h2-7H,1H3. The Kier molecular flexibility index (Phi) is 4.34. The van der Waals surface area contributed by atoms with Crippen LogP contribution >= 0.6 is 35.0 Å². The summed E-state index contributed by atoms with van der Waals surface area (Å²) in [5, 5.41) is 11.3. The van der Waals surface area contributed by atoms with Crippen molar-refractivity contribution in [3.63, 3.8) is 0 Å². The Morgan fingerprint density at radius 3 is 2.11 bits per heavy atom. The zero-order valence-electron chi connectivity index (χ0n) is 9.89. The molecule has 2 aromatic rings. The van der Waals surface area contributed by atoms with E-state index in [0.717, 1.165) is 10.5 Å². The fraction of sp³-hybridized carbons (Fsp3) is 0.0769. The molecule has 0 saturated heterocycles. The summed E-state index contributed by atoms with van der Waals surface area (Å²) >= 11 is 13.5. The molecular weight excluding hydrogens is 305 g/mol. The molecule has 3 nitrogen and oxygen atoms in total. The van der Waals surface area contributed by atoms with Crippen LogP contribution in [0, 0.1) is 17.0 Å². The number of nitro groups is 1. The minimum atomic E-state index is -0.516. The molecule has 0 aromatic heterocycles. The lowest BCUT2D eigenvalue weighted by Gasteiger charge is -2.07.